The standard InChI is InChI=1S/C13H24N2O2/c1-13(2)7-8-14-9-11(5-6-12(16)17)15(13)10-3-4-10/h10-11,14H,3-9H2,1-2H3,(H,16,17). The van der Waals surface area contributed by atoms with E-state index in [1.54, 1.807) is 0 Å². The number of hydrogen-bond donors (Lipinski definition) is 2. The van der Waals surface area contributed by atoms with Crippen LogP contribution >= 0.6 is 0 Å². The number of nitrogens with one attached hydrogen (secondary N) is 1. The summed E-state index contributed by atoms with van der Waals surface area (Å²) in [7, 11) is 0. The summed E-state index contributed by atoms with van der Waals surface area (Å²) >= 11 is 0. The molecule has 4 heteroatoms. The number of hydrogen-bond acceptors (Lipinski definition) is 3. The average molecular weight is 240 g/mol. The van der Waals surface area contributed by atoms with Crippen LogP contribution in [0.4, 0.5) is 0 Å². The van der Waals surface area contributed by atoms with E-state index in [0.29, 0.717) is 12.1 Å². The molecule has 0 amide bonds. The molecule has 1 aliphatic carbocycles. The molecule has 2 N–H and O–H groups in total. The lowest BCUT2D eigenvalue weighted by molar-refractivity contribution is -0.137. The summed E-state index contributed by atoms with van der Waals surface area (Å²) < 4.78 is 0. The van der Waals surface area contributed by atoms with Gasteiger partial charge in [0, 0.05) is 30.6 Å². The van der Waals surface area contributed by atoms with E-state index in [0.717, 1.165) is 25.9 Å². The topological polar surface area (TPSA) is 52.6 Å². The number of nitrogens with zero attached hydrogens (tertiary/aromatic N) is 1. The normalized spacial score (nSPS) is 29.9. The molecule has 0 aromatic heterocycles. The molecule has 1 saturated heterocycles. The van der Waals surface area contributed by atoms with Crippen LogP contribution in [0.15, 0.2) is 0 Å². The lowest BCUT2D eigenvalue weighted by Gasteiger charge is -2.42. The van der Waals surface area contributed by atoms with Gasteiger partial charge in [0.05, 0.1) is 0 Å². The van der Waals surface area contributed by atoms with Gasteiger partial charge in [-0.15, -0.1) is 0 Å². The SMILES string of the molecule is CC1(C)CCNCC(CCC(=O)O)N1C1CC1. The monoisotopic (exact) mass is 240 g/mol. The highest BCUT2D eigenvalue weighted by Gasteiger charge is 2.43. The summed E-state index contributed by atoms with van der Waals surface area (Å²) in [4.78, 5) is 13.3. The van der Waals surface area contributed by atoms with Gasteiger partial charge in [-0.1, -0.05) is 0 Å². The molecule has 0 aromatic carbocycles. The number of carboxylic acids is 1. The van der Waals surface area contributed by atoms with Crippen LogP contribution in [0.3, 0.4) is 0 Å². The van der Waals surface area contributed by atoms with Gasteiger partial charge in [-0.25, -0.2) is 0 Å². The molecule has 2 fully saturated rings. The number of rotatable bonds is 4. The van der Waals surface area contributed by atoms with Crippen molar-refractivity contribution in [1.29, 1.82) is 0 Å². The Hall–Kier alpha value is -0.610. The van der Waals surface area contributed by atoms with Crippen LogP contribution in [0.5, 0.6) is 0 Å². The lowest BCUT2D eigenvalue weighted by Crippen LogP contribution is -2.51. The predicted octanol–water partition coefficient (Wildman–Crippen LogP) is 1.46. The number of aliphatic carboxylic acids is 1. The van der Waals surface area contributed by atoms with Gasteiger partial charge >= 0.3 is 5.97 Å². The van der Waals surface area contributed by atoms with Crippen LogP contribution in [0.2, 0.25) is 0 Å². The second-order valence-electron chi connectivity index (χ2n) is 5.99. The molecule has 2 aliphatic rings. The molecule has 1 heterocycles. The summed E-state index contributed by atoms with van der Waals surface area (Å²) in [5.74, 6) is -0.678. The van der Waals surface area contributed by atoms with Gasteiger partial charge < -0.3 is 10.4 Å². The first kappa shape index (κ1) is 12.8. The molecule has 0 aromatic rings. The third-order valence-corrected chi connectivity index (χ3v) is 4.02. The minimum absolute atomic E-state index is 0.202. The van der Waals surface area contributed by atoms with Crippen molar-refractivity contribution in [3.63, 3.8) is 0 Å². The molecular weight excluding hydrogens is 216 g/mol. The third kappa shape index (κ3) is 3.19. The zero-order chi connectivity index (χ0) is 12.5. The Kier molecular flexibility index (Phi) is 3.73. The average Bonchev–Trinajstić information content (AvgIpc) is 3.02. The minimum atomic E-state index is -0.678. The van der Waals surface area contributed by atoms with Gasteiger partial charge in [-0.05, 0) is 46.1 Å². The molecule has 17 heavy (non-hydrogen) atoms. The largest absolute Gasteiger partial charge is 0.481 e. The Balaban J connectivity index is 2.06. The molecule has 1 saturated carbocycles. The van der Waals surface area contributed by atoms with Crippen molar-refractivity contribution in [2.75, 3.05) is 13.1 Å². The molecule has 1 aliphatic heterocycles. The highest BCUT2D eigenvalue weighted by molar-refractivity contribution is 5.66. The van der Waals surface area contributed by atoms with Crippen LogP contribution < -0.4 is 5.32 Å². The first-order valence-electron chi connectivity index (χ1n) is 6.71. The van der Waals surface area contributed by atoms with Crippen LogP contribution in [-0.4, -0.2) is 46.7 Å². The minimum Gasteiger partial charge on any atom is -0.481 e. The summed E-state index contributed by atoms with van der Waals surface area (Å²) in [6, 6.07) is 1.08. The van der Waals surface area contributed by atoms with E-state index in [1.165, 1.54) is 12.8 Å². The first-order chi connectivity index (χ1) is 8.00. The fraction of sp³-hybridized carbons (Fsp3) is 0.923. The second-order valence-corrected chi connectivity index (χ2v) is 5.99. The lowest BCUT2D eigenvalue weighted by atomic mass is 9.95. The van der Waals surface area contributed by atoms with E-state index in [4.69, 9.17) is 5.11 Å². The van der Waals surface area contributed by atoms with E-state index in [2.05, 4.69) is 24.1 Å². The molecule has 0 bridgehead atoms. The van der Waals surface area contributed by atoms with Crippen molar-refractivity contribution in [2.45, 2.75) is 63.6 Å². The van der Waals surface area contributed by atoms with E-state index < -0.39 is 5.97 Å². The summed E-state index contributed by atoms with van der Waals surface area (Å²) in [5.41, 5.74) is 0.202. The molecule has 1 atom stereocenters. The zero-order valence-corrected chi connectivity index (χ0v) is 10.9. The molecule has 4 nitrogen and oxygen atoms in total. The summed E-state index contributed by atoms with van der Waals surface area (Å²) in [5, 5.41) is 12.3. The van der Waals surface area contributed by atoms with E-state index in [1.807, 2.05) is 0 Å². The molecule has 2 rings (SSSR count). The zero-order valence-electron chi connectivity index (χ0n) is 10.9. The van der Waals surface area contributed by atoms with Gasteiger partial charge in [0.1, 0.15) is 0 Å². The molecular formula is C13H24N2O2. The Morgan fingerprint density at radius 2 is 2.18 bits per heavy atom. The molecule has 98 valence electrons. The van der Waals surface area contributed by atoms with Crippen molar-refractivity contribution >= 4 is 5.97 Å². The fourth-order valence-corrected chi connectivity index (χ4v) is 3.06. The van der Waals surface area contributed by atoms with Gasteiger partial charge in [-0.2, -0.15) is 0 Å². The van der Waals surface area contributed by atoms with Gasteiger partial charge in [0.2, 0.25) is 0 Å². The van der Waals surface area contributed by atoms with Gasteiger partial charge in [0.25, 0.3) is 0 Å². The fourth-order valence-electron chi connectivity index (χ4n) is 3.06. The van der Waals surface area contributed by atoms with E-state index >= 15 is 0 Å². The third-order valence-electron chi connectivity index (χ3n) is 4.02. The Bertz CT molecular complexity index is 287. The maximum absolute atomic E-state index is 10.7. The Morgan fingerprint density at radius 1 is 1.47 bits per heavy atom. The first-order valence-corrected chi connectivity index (χ1v) is 6.71. The summed E-state index contributed by atoms with van der Waals surface area (Å²) in [6.45, 7) is 6.57. The quantitative estimate of drug-likeness (QED) is 0.781. The van der Waals surface area contributed by atoms with Crippen LogP contribution in [0, 0.1) is 0 Å². The van der Waals surface area contributed by atoms with Crippen molar-refractivity contribution in [1.82, 2.24) is 10.2 Å². The van der Waals surface area contributed by atoms with Crippen molar-refractivity contribution in [2.24, 2.45) is 0 Å². The van der Waals surface area contributed by atoms with Crippen molar-refractivity contribution in [3.05, 3.63) is 0 Å². The second kappa shape index (κ2) is 4.94. The van der Waals surface area contributed by atoms with Crippen molar-refractivity contribution in [3.8, 4) is 0 Å². The highest BCUT2D eigenvalue weighted by Crippen LogP contribution is 2.37. The maximum atomic E-state index is 10.7. The molecule has 0 radical (unpaired) electrons. The van der Waals surface area contributed by atoms with E-state index in [-0.39, 0.29) is 12.0 Å². The van der Waals surface area contributed by atoms with Gasteiger partial charge in [-0.3, -0.25) is 9.69 Å². The smallest absolute Gasteiger partial charge is 0.303 e. The summed E-state index contributed by atoms with van der Waals surface area (Å²) in [6.07, 6.45) is 4.76. The Morgan fingerprint density at radius 3 is 2.76 bits per heavy atom. The van der Waals surface area contributed by atoms with Crippen LogP contribution in [-0.2, 0) is 4.79 Å². The maximum Gasteiger partial charge on any atom is 0.303 e. The van der Waals surface area contributed by atoms with Crippen molar-refractivity contribution < 1.29 is 9.90 Å². The molecule has 1 unspecified atom stereocenters. The van der Waals surface area contributed by atoms with Gasteiger partial charge in [0.15, 0.2) is 0 Å². The number of carbonyl (C=O) groups is 1. The number of carboxylic acid groups (broad SMARTS) is 1. The van der Waals surface area contributed by atoms with Crippen LogP contribution in [0.1, 0.15) is 46.0 Å². The van der Waals surface area contributed by atoms with E-state index in [9.17, 15) is 4.79 Å². The predicted molar refractivity (Wildman–Crippen MR) is 67.1 cm³/mol. The van der Waals surface area contributed by atoms with Crippen LogP contribution in [0.25, 0.3) is 0 Å². The Labute approximate surface area is 103 Å². The highest BCUT2D eigenvalue weighted by atomic mass is 16.4. The molecule has 0 spiro atoms.